The quantitative estimate of drug-likeness (QED) is 0.725. The highest BCUT2D eigenvalue weighted by atomic mass is 32.2. The summed E-state index contributed by atoms with van der Waals surface area (Å²) in [5.74, 6) is 3.62. The normalized spacial score (nSPS) is 41.9. The van der Waals surface area contributed by atoms with E-state index in [9.17, 15) is 4.79 Å². The van der Waals surface area contributed by atoms with Gasteiger partial charge in [-0.1, -0.05) is 20.8 Å². The second-order valence-corrected chi connectivity index (χ2v) is 9.89. The first-order valence-corrected chi connectivity index (χ1v) is 9.21. The van der Waals surface area contributed by atoms with Gasteiger partial charge in [-0.25, -0.2) is 0 Å². The molecule has 1 saturated heterocycles. The van der Waals surface area contributed by atoms with Gasteiger partial charge >= 0.3 is 5.97 Å². The van der Waals surface area contributed by atoms with E-state index in [1.54, 1.807) is 0 Å². The molecule has 108 valence electrons. The highest BCUT2D eigenvalue weighted by Gasteiger charge is 2.74. The van der Waals surface area contributed by atoms with Crippen LogP contribution in [-0.4, -0.2) is 28.7 Å². The number of fused-ring (bicyclic) bond motifs is 3. The Hall–Kier alpha value is 0.170. The molecule has 0 aromatic heterocycles. The summed E-state index contributed by atoms with van der Waals surface area (Å²) in [7, 11) is 1.52. The van der Waals surface area contributed by atoms with Gasteiger partial charge in [-0.15, -0.1) is 23.5 Å². The van der Waals surface area contributed by atoms with E-state index in [1.165, 1.54) is 31.5 Å². The monoisotopic (exact) mass is 300 g/mol. The number of carbonyl (C=O) groups is 1. The first kappa shape index (κ1) is 14.1. The zero-order valence-corrected chi connectivity index (χ0v) is 14.0. The Morgan fingerprint density at radius 1 is 1.26 bits per heavy atom. The zero-order chi connectivity index (χ0) is 13.9. The van der Waals surface area contributed by atoms with Crippen LogP contribution in [0.4, 0.5) is 0 Å². The third-order valence-corrected chi connectivity index (χ3v) is 10.5. The molecular weight excluding hydrogens is 276 g/mol. The van der Waals surface area contributed by atoms with E-state index in [1.807, 2.05) is 0 Å². The van der Waals surface area contributed by atoms with E-state index in [-0.39, 0.29) is 10.0 Å². The van der Waals surface area contributed by atoms with Crippen LogP contribution in [0.5, 0.6) is 0 Å². The van der Waals surface area contributed by atoms with E-state index in [4.69, 9.17) is 4.74 Å². The van der Waals surface area contributed by atoms with Crippen molar-refractivity contribution in [3.63, 3.8) is 0 Å². The van der Waals surface area contributed by atoms with E-state index < -0.39 is 0 Å². The molecule has 1 heterocycles. The molecule has 3 rings (SSSR count). The van der Waals surface area contributed by atoms with Crippen molar-refractivity contribution in [2.75, 3.05) is 18.6 Å². The molecule has 0 aromatic carbocycles. The number of methoxy groups -OCH3 is 1. The molecule has 4 heteroatoms. The molecule has 3 fully saturated rings. The summed E-state index contributed by atoms with van der Waals surface area (Å²) in [6.07, 6.45) is 3.22. The number of thioether (sulfide) groups is 2. The first-order valence-electron chi connectivity index (χ1n) is 7.24. The fourth-order valence-electron chi connectivity index (χ4n) is 5.04. The largest absolute Gasteiger partial charge is 0.469 e. The lowest BCUT2D eigenvalue weighted by molar-refractivity contribution is -0.142. The number of esters is 1. The SMILES string of the molecule is COC(=O)C[C@H]1[C@H]2CC[C@@](C)(C2(C)C)C12SCCS2. The molecule has 0 amide bonds. The second kappa shape index (κ2) is 4.33. The summed E-state index contributed by atoms with van der Waals surface area (Å²) < 4.78 is 5.22. The summed E-state index contributed by atoms with van der Waals surface area (Å²) in [5.41, 5.74) is 0.700. The summed E-state index contributed by atoms with van der Waals surface area (Å²) in [4.78, 5) is 11.9. The highest BCUT2D eigenvalue weighted by molar-refractivity contribution is 8.21. The molecule has 3 atom stereocenters. The number of hydrogen-bond donors (Lipinski definition) is 0. The maximum atomic E-state index is 11.9. The molecule has 1 spiro atoms. The fourth-order valence-corrected chi connectivity index (χ4v) is 9.44. The minimum absolute atomic E-state index is 0.0237. The number of rotatable bonds is 2. The highest BCUT2D eigenvalue weighted by Crippen LogP contribution is 2.80. The van der Waals surface area contributed by atoms with Crippen molar-refractivity contribution < 1.29 is 9.53 Å². The van der Waals surface area contributed by atoms with Gasteiger partial charge < -0.3 is 4.74 Å². The predicted octanol–water partition coefficient (Wildman–Crippen LogP) is 3.80. The van der Waals surface area contributed by atoms with Crippen LogP contribution in [0.15, 0.2) is 0 Å². The Balaban J connectivity index is 2.01. The van der Waals surface area contributed by atoms with Crippen molar-refractivity contribution in [1.82, 2.24) is 0 Å². The molecule has 2 aliphatic carbocycles. The van der Waals surface area contributed by atoms with Crippen LogP contribution in [0, 0.1) is 22.7 Å². The Bertz CT molecular complexity index is 401. The van der Waals surface area contributed by atoms with Crippen molar-refractivity contribution >= 4 is 29.5 Å². The number of hydrogen-bond acceptors (Lipinski definition) is 4. The Labute approximate surface area is 124 Å². The van der Waals surface area contributed by atoms with Gasteiger partial charge in [0.2, 0.25) is 0 Å². The van der Waals surface area contributed by atoms with Crippen molar-refractivity contribution in [2.45, 2.75) is 44.1 Å². The summed E-state index contributed by atoms with van der Waals surface area (Å²) in [6.45, 7) is 7.35. The fraction of sp³-hybridized carbons (Fsp3) is 0.933. The van der Waals surface area contributed by atoms with Crippen LogP contribution < -0.4 is 0 Å². The van der Waals surface area contributed by atoms with Gasteiger partial charge in [0.25, 0.3) is 0 Å². The molecule has 19 heavy (non-hydrogen) atoms. The molecule has 0 aromatic rings. The maximum Gasteiger partial charge on any atom is 0.305 e. The third kappa shape index (κ3) is 1.56. The maximum absolute atomic E-state index is 11.9. The van der Waals surface area contributed by atoms with Crippen LogP contribution in [0.3, 0.4) is 0 Å². The van der Waals surface area contributed by atoms with Gasteiger partial charge in [0.1, 0.15) is 0 Å². The topological polar surface area (TPSA) is 26.3 Å². The average molecular weight is 300 g/mol. The summed E-state index contributed by atoms with van der Waals surface area (Å²) in [6, 6.07) is 0. The smallest absolute Gasteiger partial charge is 0.305 e. The van der Waals surface area contributed by atoms with E-state index in [0.717, 1.165) is 0 Å². The first-order chi connectivity index (χ1) is 8.89. The molecule has 2 saturated carbocycles. The van der Waals surface area contributed by atoms with Crippen LogP contribution in [0.25, 0.3) is 0 Å². The molecular formula is C15H24O2S2. The van der Waals surface area contributed by atoms with Gasteiger partial charge in [0.05, 0.1) is 17.6 Å². The van der Waals surface area contributed by atoms with Gasteiger partial charge in [-0.2, -0.15) is 0 Å². The average Bonchev–Trinajstić information content (AvgIpc) is 2.96. The molecule has 0 unspecified atom stereocenters. The Morgan fingerprint density at radius 3 is 2.47 bits per heavy atom. The minimum atomic E-state index is -0.0237. The minimum Gasteiger partial charge on any atom is -0.469 e. The van der Waals surface area contributed by atoms with Crippen LogP contribution in [-0.2, 0) is 9.53 Å². The number of carbonyl (C=O) groups excluding carboxylic acids is 1. The van der Waals surface area contributed by atoms with Crippen molar-refractivity contribution in [3.8, 4) is 0 Å². The van der Waals surface area contributed by atoms with Gasteiger partial charge in [-0.05, 0) is 35.5 Å². The van der Waals surface area contributed by atoms with E-state index in [0.29, 0.717) is 29.1 Å². The molecule has 0 radical (unpaired) electrons. The lowest BCUT2D eigenvalue weighted by Gasteiger charge is -2.47. The van der Waals surface area contributed by atoms with E-state index >= 15 is 0 Å². The molecule has 3 aliphatic rings. The standard InChI is InChI=1S/C15H24O2S2/c1-13(2)10-5-6-14(13,3)15(18-7-8-19-15)11(10)9-12(16)17-4/h10-11H,5-9H2,1-4H3/t10-,11+,14+/m1/s1. The van der Waals surface area contributed by atoms with Gasteiger partial charge in [0, 0.05) is 11.5 Å². The van der Waals surface area contributed by atoms with Crippen molar-refractivity contribution in [2.24, 2.45) is 22.7 Å². The molecule has 2 bridgehead atoms. The van der Waals surface area contributed by atoms with Gasteiger partial charge in [-0.3, -0.25) is 4.79 Å². The Kier molecular flexibility index (Phi) is 3.22. The van der Waals surface area contributed by atoms with Crippen LogP contribution >= 0.6 is 23.5 Å². The molecule has 1 aliphatic heterocycles. The Morgan fingerprint density at radius 2 is 1.89 bits per heavy atom. The lowest BCUT2D eigenvalue weighted by Crippen LogP contribution is -2.45. The summed E-state index contributed by atoms with van der Waals surface area (Å²) >= 11 is 4.26. The summed E-state index contributed by atoms with van der Waals surface area (Å²) in [5, 5.41) is 0. The van der Waals surface area contributed by atoms with Crippen LogP contribution in [0.1, 0.15) is 40.0 Å². The second-order valence-electron chi connectivity index (χ2n) is 6.95. The molecule has 0 N–H and O–H groups in total. The van der Waals surface area contributed by atoms with Crippen LogP contribution in [0.2, 0.25) is 0 Å². The van der Waals surface area contributed by atoms with E-state index in [2.05, 4.69) is 44.3 Å². The predicted molar refractivity (Wildman–Crippen MR) is 82.4 cm³/mol. The third-order valence-electron chi connectivity index (χ3n) is 6.38. The molecule has 2 nitrogen and oxygen atoms in total. The van der Waals surface area contributed by atoms with Crippen molar-refractivity contribution in [1.29, 1.82) is 0 Å². The zero-order valence-electron chi connectivity index (χ0n) is 12.3. The van der Waals surface area contributed by atoms with Gasteiger partial charge in [0.15, 0.2) is 0 Å². The lowest BCUT2D eigenvalue weighted by atomic mass is 9.70. The number of ether oxygens (including phenoxy) is 1. The van der Waals surface area contributed by atoms with Crippen molar-refractivity contribution in [3.05, 3.63) is 0 Å².